The fourth-order valence-electron chi connectivity index (χ4n) is 4.02. The van der Waals surface area contributed by atoms with Crippen LogP contribution in [0, 0.1) is 5.41 Å². The number of rotatable bonds is 10. The van der Waals surface area contributed by atoms with E-state index in [-0.39, 0.29) is 11.9 Å². The SMILES string of the molecule is CCCCCCCCCc1ccc(-c2noc(C3CCCN(C(=N)N)C3)n2)cc1. The minimum absolute atomic E-state index is 0.117. The lowest BCUT2D eigenvalue weighted by atomic mass is 9.98. The van der Waals surface area contributed by atoms with Gasteiger partial charge in [0.05, 0.1) is 5.92 Å². The fraction of sp³-hybridized carbons (Fsp3) is 0.609. The molecule has 0 bridgehead atoms. The first-order valence-corrected chi connectivity index (χ1v) is 11.2. The second kappa shape index (κ2) is 11.0. The van der Waals surface area contributed by atoms with Crippen molar-refractivity contribution in [1.29, 1.82) is 5.41 Å². The summed E-state index contributed by atoms with van der Waals surface area (Å²) in [5.41, 5.74) is 7.99. The van der Waals surface area contributed by atoms with Gasteiger partial charge in [-0.1, -0.05) is 74.9 Å². The number of aryl methyl sites for hydroxylation is 1. The van der Waals surface area contributed by atoms with Crippen LogP contribution in [0.3, 0.4) is 0 Å². The monoisotopic (exact) mass is 397 g/mol. The molecular weight excluding hydrogens is 362 g/mol. The Morgan fingerprint density at radius 2 is 1.86 bits per heavy atom. The Morgan fingerprint density at radius 1 is 1.14 bits per heavy atom. The van der Waals surface area contributed by atoms with Gasteiger partial charge in [0.25, 0.3) is 0 Å². The molecule has 158 valence electrons. The topological polar surface area (TPSA) is 92.0 Å². The zero-order chi connectivity index (χ0) is 20.5. The first-order valence-electron chi connectivity index (χ1n) is 11.2. The number of hydrogen-bond donors (Lipinski definition) is 2. The van der Waals surface area contributed by atoms with Crippen molar-refractivity contribution < 1.29 is 4.52 Å². The highest BCUT2D eigenvalue weighted by Crippen LogP contribution is 2.27. The van der Waals surface area contributed by atoms with Crippen molar-refractivity contribution in [1.82, 2.24) is 15.0 Å². The van der Waals surface area contributed by atoms with E-state index < -0.39 is 0 Å². The third-order valence-electron chi connectivity index (χ3n) is 5.83. The van der Waals surface area contributed by atoms with Crippen molar-refractivity contribution in [2.24, 2.45) is 5.73 Å². The number of piperidine rings is 1. The summed E-state index contributed by atoms with van der Waals surface area (Å²) in [5.74, 6) is 1.55. The number of nitrogens with one attached hydrogen (secondary N) is 1. The second-order valence-corrected chi connectivity index (χ2v) is 8.19. The summed E-state index contributed by atoms with van der Waals surface area (Å²) in [4.78, 5) is 6.49. The molecule has 0 amide bonds. The molecule has 3 rings (SSSR count). The Bertz CT molecular complexity index is 755. The van der Waals surface area contributed by atoms with Crippen LogP contribution in [-0.4, -0.2) is 34.1 Å². The Labute approximate surface area is 174 Å². The smallest absolute Gasteiger partial charge is 0.231 e. The largest absolute Gasteiger partial charge is 0.370 e. The molecular formula is C23H35N5O. The molecule has 0 spiro atoms. The van der Waals surface area contributed by atoms with Gasteiger partial charge >= 0.3 is 0 Å². The van der Waals surface area contributed by atoms with E-state index in [2.05, 4.69) is 41.3 Å². The molecule has 6 heteroatoms. The van der Waals surface area contributed by atoms with Gasteiger partial charge in [-0.15, -0.1) is 0 Å². The number of aromatic nitrogens is 2. The van der Waals surface area contributed by atoms with Crippen LogP contribution in [0.25, 0.3) is 11.4 Å². The molecule has 2 heterocycles. The number of unbranched alkanes of at least 4 members (excludes halogenated alkanes) is 6. The first-order chi connectivity index (χ1) is 14.2. The zero-order valence-corrected chi connectivity index (χ0v) is 17.7. The van der Waals surface area contributed by atoms with E-state index in [0.29, 0.717) is 18.3 Å². The molecule has 0 radical (unpaired) electrons. The summed E-state index contributed by atoms with van der Waals surface area (Å²) in [6.45, 7) is 3.76. The lowest BCUT2D eigenvalue weighted by Crippen LogP contribution is -2.42. The molecule has 2 aromatic rings. The van der Waals surface area contributed by atoms with Gasteiger partial charge in [0, 0.05) is 18.7 Å². The van der Waals surface area contributed by atoms with Crippen LogP contribution in [0.15, 0.2) is 28.8 Å². The van der Waals surface area contributed by atoms with Crippen molar-refractivity contribution in [3.05, 3.63) is 35.7 Å². The predicted octanol–water partition coefficient (Wildman–Crippen LogP) is 5.10. The highest BCUT2D eigenvalue weighted by molar-refractivity contribution is 5.74. The lowest BCUT2D eigenvalue weighted by molar-refractivity contribution is 0.257. The Balaban J connectivity index is 1.48. The molecule has 29 heavy (non-hydrogen) atoms. The van der Waals surface area contributed by atoms with E-state index in [1.54, 1.807) is 0 Å². The van der Waals surface area contributed by atoms with Gasteiger partial charge in [-0.3, -0.25) is 5.41 Å². The van der Waals surface area contributed by atoms with Crippen LogP contribution in [0.1, 0.15) is 82.1 Å². The summed E-state index contributed by atoms with van der Waals surface area (Å²) in [6.07, 6.45) is 12.5. The van der Waals surface area contributed by atoms with E-state index in [4.69, 9.17) is 15.7 Å². The highest BCUT2D eigenvalue weighted by Gasteiger charge is 2.26. The molecule has 1 fully saturated rings. The maximum atomic E-state index is 7.64. The maximum absolute atomic E-state index is 7.64. The number of guanidine groups is 1. The Hall–Kier alpha value is -2.37. The molecule has 1 unspecified atom stereocenters. The summed E-state index contributed by atoms with van der Waals surface area (Å²) in [7, 11) is 0. The third kappa shape index (κ3) is 6.31. The third-order valence-corrected chi connectivity index (χ3v) is 5.83. The molecule has 1 aromatic carbocycles. The molecule has 0 aliphatic carbocycles. The average molecular weight is 398 g/mol. The van der Waals surface area contributed by atoms with Crippen LogP contribution < -0.4 is 5.73 Å². The highest BCUT2D eigenvalue weighted by atomic mass is 16.5. The number of hydrogen-bond acceptors (Lipinski definition) is 4. The molecule has 1 atom stereocenters. The van der Waals surface area contributed by atoms with Gasteiger partial charge in [-0.05, 0) is 31.2 Å². The van der Waals surface area contributed by atoms with Crippen molar-refractivity contribution in [2.45, 2.75) is 77.0 Å². The molecule has 6 nitrogen and oxygen atoms in total. The van der Waals surface area contributed by atoms with E-state index in [1.807, 2.05) is 4.90 Å². The average Bonchev–Trinajstić information content (AvgIpc) is 3.24. The first kappa shape index (κ1) is 21.3. The zero-order valence-electron chi connectivity index (χ0n) is 17.7. The van der Waals surface area contributed by atoms with Crippen LogP contribution in [0.5, 0.6) is 0 Å². The van der Waals surface area contributed by atoms with Crippen LogP contribution in [0.2, 0.25) is 0 Å². The van der Waals surface area contributed by atoms with Gasteiger partial charge in [0.1, 0.15) is 0 Å². The lowest BCUT2D eigenvalue weighted by Gasteiger charge is -2.30. The quantitative estimate of drug-likeness (QED) is 0.330. The van der Waals surface area contributed by atoms with Gasteiger partial charge in [0.15, 0.2) is 5.96 Å². The molecule has 3 N–H and O–H groups in total. The summed E-state index contributed by atoms with van der Waals surface area (Å²) >= 11 is 0. The summed E-state index contributed by atoms with van der Waals surface area (Å²) < 4.78 is 5.54. The number of nitrogens with two attached hydrogens (primary N) is 1. The Morgan fingerprint density at radius 3 is 2.59 bits per heavy atom. The van der Waals surface area contributed by atoms with Crippen LogP contribution in [0.4, 0.5) is 0 Å². The number of nitrogens with zero attached hydrogens (tertiary/aromatic N) is 3. The molecule has 0 saturated carbocycles. The van der Waals surface area contributed by atoms with Crippen molar-refractivity contribution in [3.63, 3.8) is 0 Å². The predicted molar refractivity (Wildman–Crippen MR) is 117 cm³/mol. The van der Waals surface area contributed by atoms with Gasteiger partial charge < -0.3 is 15.2 Å². The molecule has 1 saturated heterocycles. The number of likely N-dealkylation sites (tertiary alicyclic amines) is 1. The van der Waals surface area contributed by atoms with Gasteiger partial charge in [-0.25, -0.2) is 0 Å². The van der Waals surface area contributed by atoms with Crippen LogP contribution >= 0.6 is 0 Å². The van der Waals surface area contributed by atoms with Crippen molar-refractivity contribution >= 4 is 5.96 Å². The minimum atomic E-state index is 0.117. The van der Waals surface area contributed by atoms with E-state index in [9.17, 15) is 0 Å². The summed E-state index contributed by atoms with van der Waals surface area (Å²) in [5, 5.41) is 11.8. The second-order valence-electron chi connectivity index (χ2n) is 8.19. The minimum Gasteiger partial charge on any atom is -0.370 e. The van der Waals surface area contributed by atoms with Crippen molar-refractivity contribution in [3.8, 4) is 11.4 Å². The van der Waals surface area contributed by atoms with E-state index >= 15 is 0 Å². The molecule has 1 aliphatic heterocycles. The Kier molecular flexibility index (Phi) is 8.08. The molecule has 1 aliphatic rings. The maximum Gasteiger partial charge on any atom is 0.231 e. The van der Waals surface area contributed by atoms with Crippen LogP contribution in [-0.2, 0) is 6.42 Å². The summed E-state index contributed by atoms with van der Waals surface area (Å²) in [6, 6.07) is 8.54. The van der Waals surface area contributed by atoms with E-state index in [0.717, 1.165) is 31.4 Å². The normalized spacial score (nSPS) is 16.9. The van der Waals surface area contributed by atoms with E-state index in [1.165, 1.54) is 50.5 Å². The van der Waals surface area contributed by atoms with Gasteiger partial charge in [-0.2, -0.15) is 4.98 Å². The molecule has 1 aromatic heterocycles. The number of benzene rings is 1. The van der Waals surface area contributed by atoms with Gasteiger partial charge in [0.2, 0.25) is 11.7 Å². The standard InChI is InChI=1S/C23H35N5O/c1-2-3-4-5-6-7-8-10-18-12-14-19(15-13-18)21-26-22(29-27-21)20-11-9-16-28(17-20)23(24)25/h12-15,20H,2-11,16-17H2,1H3,(H3,24,25). The van der Waals surface area contributed by atoms with Crippen molar-refractivity contribution in [2.75, 3.05) is 13.1 Å². The fourth-order valence-corrected chi connectivity index (χ4v) is 4.02.